The third-order valence-electron chi connectivity index (χ3n) is 6.98. The molecule has 0 saturated carbocycles. The van der Waals surface area contributed by atoms with Crippen molar-refractivity contribution in [3.05, 3.63) is 36.0 Å². The number of nitriles is 1. The number of benzene rings is 1. The summed E-state index contributed by atoms with van der Waals surface area (Å²) < 4.78 is 5.38. The van der Waals surface area contributed by atoms with E-state index in [0.29, 0.717) is 24.7 Å². The van der Waals surface area contributed by atoms with Crippen LogP contribution in [0.25, 0.3) is 10.9 Å². The van der Waals surface area contributed by atoms with Crippen molar-refractivity contribution in [2.75, 3.05) is 26.7 Å². The van der Waals surface area contributed by atoms with Gasteiger partial charge >= 0.3 is 0 Å². The Morgan fingerprint density at radius 3 is 2.84 bits per heavy atom. The first-order valence-corrected chi connectivity index (χ1v) is 12.3. The van der Waals surface area contributed by atoms with Crippen molar-refractivity contribution in [1.29, 1.82) is 5.26 Å². The molecule has 1 saturated heterocycles. The molecule has 0 aliphatic carbocycles. The summed E-state index contributed by atoms with van der Waals surface area (Å²) in [5.41, 5.74) is 2.02. The normalized spacial score (nSPS) is 20.2. The van der Waals surface area contributed by atoms with E-state index < -0.39 is 6.10 Å². The molecule has 1 aromatic carbocycles. The molecule has 32 heavy (non-hydrogen) atoms. The van der Waals surface area contributed by atoms with Crippen LogP contribution < -0.4 is 4.74 Å². The highest BCUT2D eigenvalue weighted by molar-refractivity contribution is 5.83. The molecule has 5 heteroatoms. The quantitative estimate of drug-likeness (QED) is 0.453. The number of aliphatic hydroxyl groups excluding tert-OH is 1. The second-order valence-electron chi connectivity index (χ2n) is 9.33. The summed E-state index contributed by atoms with van der Waals surface area (Å²) in [4.78, 5) is 6.99. The number of methoxy groups -OCH3 is 1. The monoisotopic (exact) mass is 437 g/mol. The van der Waals surface area contributed by atoms with Crippen molar-refractivity contribution in [3.8, 4) is 11.8 Å². The fourth-order valence-electron chi connectivity index (χ4n) is 5.13. The summed E-state index contributed by atoms with van der Waals surface area (Å²) in [7, 11) is 1.67. The molecule has 2 heterocycles. The average Bonchev–Trinajstić information content (AvgIpc) is 2.80. The molecular formula is C27H39N3O2. The van der Waals surface area contributed by atoms with Crippen molar-refractivity contribution in [3.63, 3.8) is 0 Å². The van der Waals surface area contributed by atoms with Crippen LogP contribution in [0.2, 0.25) is 0 Å². The smallest absolute Gasteiger partial charge is 0.119 e. The number of piperidine rings is 1. The molecule has 3 atom stereocenters. The van der Waals surface area contributed by atoms with Gasteiger partial charge in [-0.3, -0.25) is 4.98 Å². The number of unbranched alkanes of at least 4 members (excludes halogenated alkanes) is 4. The fraction of sp³-hybridized carbons (Fsp3) is 0.630. The van der Waals surface area contributed by atoms with Gasteiger partial charge in [0, 0.05) is 24.5 Å². The molecule has 0 radical (unpaired) electrons. The van der Waals surface area contributed by atoms with Gasteiger partial charge in [-0.2, -0.15) is 5.26 Å². The van der Waals surface area contributed by atoms with E-state index in [9.17, 15) is 10.4 Å². The van der Waals surface area contributed by atoms with Crippen molar-refractivity contribution >= 4 is 10.9 Å². The Kier molecular flexibility index (Phi) is 9.77. The van der Waals surface area contributed by atoms with Gasteiger partial charge in [0.25, 0.3) is 0 Å². The van der Waals surface area contributed by atoms with Crippen molar-refractivity contribution in [2.24, 2.45) is 11.8 Å². The maximum absolute atomic E-state index is 11.0. The molecule has 0 bridgehead atoms. The Balaban J connectivity index is 1.57. The number of likely N-dealkylation sites (tertiary alicyclic amines) is 1. The lowest BCUT2D eigenvalue weighted by Crippen LogP contribution is -2.42. The predicted octanol–water partition coefficient (Wildman–Crippen LogP) is 5.36. The van der Waals surface area contributed by atoms with E-state index in [1.54, 1.807) is 7.11 Å². The van der Waals surface area contributed by atoms with E-state index in [0.717, 1.165) is 54.7 Å². The number of fused-ring (bicyclic) bond motifs is 1. The lowest BCUT2D eigenvalue weighted by molar-refractivity contribution is 0.0690. The van der Waals surface area contributed by atoms with E-state index in [-0.39, 0.29) is 0 Å². The largest absolute Gasteiger partial charge is 0.497 e. The molecule has 3 rings (SSSR count). The van der Waals surface area contributed by atoms with Gasteiger partial charge in [0.1, 0.15) is 5.75 Å². The highest BCUT2D eigenvalue weighted by Gasteiger charge is 2.30. The number of nitrogens with zero attached hydrogens (tertiary/aromatic N) is 3. The summed E-state index contributed by atoms with van der Waals surface area (Å²) >= 11 is 0. The maximum atomic E-state index is 11.0. The van der Waals surface area contributed by atoms with Gasteiger partial charge in [0.2, 0.25) is 0 Å². The van der Waals surface area contributed by atoms with Crippen LogP contribution >= 0.6 is 0 Å². The zero-order valence-electron chi connectivity index (χ0n) is 19.8. The molecule has 0 amide bonds. The third-order valence-corrected chi connectivity index (χ3v) is 6.98. The zero-order chi connectivity index (χ0) is 22.8. The number of aromatic nitrogens is 1. The summed E-state index contributed by atoms with van der Waals surface area (Å²) in [6.07, 6.45) is 10.9. The van der Waals surface area contributed by atoms with Crippen LogP contribution in [0.3, 0.4) is 0 Å². The molecule has 1 aliphatic rings. The Hall–Kier alpha value is -2.16. The molecule has 1 aromatic heterocycles. The number of ether oxygens (including phenoxy) is 1. The van der Waals surface area contributed by atoms with Gasteiger partial charge in [0.05, 0.1) is 24.8 Å². The van der Waals surface area contributed by atoms with Gasteiger partial charge in [-0.15, -0.1) is 0 Å². The SMILES string of the molecule is CCCCCCCN1CC[C@@H](CC(O)Cc2ccnc3ccc(OC)cc23)[C@@H](CC#N)C1. The van der Waals surface area contributed by atoms with Gasteiger partial charge in [-0.25, -0.2) is 0 Å². The lowest BCUT2D eigenvalue weighted by Gasteiger charge is -2.38. The topological polar surface area (TPSA) is 69.4 Å². The first kappa shape index (κ1) is 24.5. The van der Waals surface area contributed by atoms with E-state index in [1.807, 2.05) is 30.5 Å². The molecule has 1 fully saturated rings. The molecule has 5 nitrogen and oxygen atoms in total. The van der Waals surface area contributed by atoms with Gasteiger partial charge in [-0.1, -0.05) is 32.6 Å². The first-order valence-electron chi connectivity index (χ1n) is 12.3. The average molecular weight is 438 g/mol. The van der Waals surface area contributed by atoms with Gasteiger partial charge in [0.15, 0.2) is 0 Å². The minimum Gasteiger partial charge on any atom is -0.497 e. The molecule has 174 valence electrons. The van der Waals surface area contributed by atoms with Crippen LogP contribution in [0, 0.1) is 23.2 Å². The maximum Gasteiger partial charge on any atom is 0.119 e. The number of pyridine rings is 1. The number of hydrogen-bond donors (Lipinski definition) is 1. The van der Waals surface area contributed by atoms with Crippen LogP contribution in [0.15, 0.2) is 30.5 Å². The molecule has 1 unspecified atom stereocenters. The summed E-state index contributed by atoms with van der Waals surface area (Å²) in [6.45, 7) is 5.47. The number of aliphatic hydroxyl groups is 1. The van der Waals surface area contributed by atoms with Crippen molar-refractivity contribution in [2.45, 2.75) is 70.8 Å². The van der Waals surface area contributed by atoms with Crippen LogP contribution in [-0.4, -0.2) is 47.8 Å². The van der Waals surface area contributed by atoms with E-state index in [4.69, 9.17) is 4.74 Å². The third kappa shape index (κ3) is 6.92. The predicted molar refractivity (Wildman–Crippen MR) is 130 cm³/mol. The zero-order valence-corrected chi connectivity index (χ0v) is 19.8. The van der Waals surface area contributed by atoms with Crippen molar-refractivity contribution < 1.29 is 9.84 Å². The van der Waals surface area contributed by atoms with Crippen molar-refractivity contribution in [1.82, 2.24) is 9.88 Å². The molecular weight excluding hydrogens is 398 g/mol. The highest BCUT2D eigenvalue weighted by Crippen LogP contribution is 2.32. The molecule has 1 aliphatic heterocycles. The van der Waals surface area contributed by atoms with E-state index in [2.05, 4.69) is 22.9 Å². The Bertz CT molecular complexity index is 879. The van der Waals surface area contributed by atoms with E-state index in [1.165, 1.54) is 32.1 Å². The summed E-state index contributed by atoms with van der Waals surface area (Å²) in [5, 5.41) is 21.4. The molecule has 2 aromatic rings. The summed E-state index contributed by atoms with van der Waals surface area (Å²) in [5.74, 6) is 1.56. The van der Waals surface area contributed by atoms with Gasteiger partial charge < -0.3 is 14.7 Å². The standard InChI is InChI=1S/C27H39N3O2/c1-3-4-5-6-7-15-30-16-12-21(23(20-30)10-13-28)17-24(31)18-22-11-14-29-27-9-8-25(32-2)19-26(22)27/h8-9,11,14,19,21,23-24,31H,3-7,10,12,15-18,20H2,1-2H3/t21-,23-,24?/m0/s1. The lowest BCUT2D eigenvalue weighted by atomic mass is 9.79. The number of rotatable bonds is 12. The van der Waals surface area contributed by atoms with Crippen LogP contribution in [-0.2, 0) is 6.42 Å². The first-order chi connectivity index (χ1) is 15.6. The second-order valence-corrected chi connectivity index (χ2v) is 9.33. The van der Waals surface area contributed by atoms with Crippen LogP contribution in [0.4, 0.5) is 0 Å². The van der Waals surface area contributed by atoms with Crippen LogP contribution in [0.5, 0.6) is 5.75 Å². The Labute approximate surface area is 193 Å². The summed E-state index contributed by atoms with van der Waals surface area (Å²) in [6, 6.07) is 10.3. The highest BCUT2D eigenvalue weighted by atomic mass is 16.5. The second kappa shape index (κ2) is 12.8. The molecule has 0 spiro atoms. The Morgan fingerprint density at radius 2 is 2.06 bits per heavy atom. The van der Waals surface area contributed by atoms with Crippen LogP contribution in [0.1, 0.15) is 63.9 Å². The minimum absolute atomic E-state index is 0.355. The van der Waals surface area contributed by atoms with Gasteiger partial charge in [-0.05, 0) is 80.4 Å². The minimum atomic E-state index is -0.418. The fourth-order valence-corrected chi connectivity index (χ4v) is 5.13. The Morgan fingerprint density at radius 1 is 1.22 bits per heavy atom. The van der Waals surface area contributed by atoms with E-state index >= 15 is 0 Å². The molecule has 1 N–H and O–H groups in total. The number of hydrogen-bond acceptors (Lipinski definition) is 5.